The standard InChI is InChI=1S/C21H22Cl2N4O/c1-11-24-19-18(16-7-6-14(22)10-17(16)23)27-28-20(19)21(25-11)26-15(8-12-2-3-12)9-13-4-5-13/h6-7,10,12-13,15H,2-5,8-9H2,1H3,(H,24,25,26). The number of nitrogens with one attached hydrogen (secondary N) is 1. The van der Waals surface area contributed by atoms with Crippen molar-refractivity contribution in [2.45, 2.75) is 51.5 Å². The van der Waals surface area contributed by atoms with Crippen LogP contribution >= 0.6 is 23.2 Å². The second-order valence-electron chi connectivity index (χ2n) is 8.15. The van der Waals surface area contributed by atoms with Crippen molar-refractivity contribution in [3.05, 3.63) is 34.1 Å². The first-order valence-electron chi connectivity index (χ1n) is 9.93. The van der Waals surface area contributed by atoms with Gasteiger partial charge in [-0.05, 0) is 49.8 Å². The number of benzene rings is 1. The number of nitrogens with zero attached hydrogens (tertiary/aromatic N) is 3. The van der Waals surface area contributed by atoms with Gasteiger partial charge in [-0.25, -0.2) is 9.97 Å². The Morgan fingerprint density at radius 1 is 1.11 bits per heavy atom. The molecule has 2 aliphatic carbocycles. The Bertz CT molecular complexity index is 1010. The Balaban J connectivity index is 1.51. The molecule has 2 aromatic heterocycles. The van der Waals surface area contributed by atoms with Gasteiger partial charge in [-0.3, -0.25) is 0 Å². The van der Waals surface area contributed by atoms with E-state index in [2.05, 4.69) is 20.4 Å². The fraction of sp³-hybridized carbons (Fsp3) is 0.476. The molecule has 7 heteroatoms. The van der Waals surface area contributed by atoms with E-state index in [4.69, 9.17) is 27.7 Å². The molecule has 3 aromatic rings. The first kappa shape index (κ1) is 18.2. The molecule has 0 saturated heterocycles. The summed E-state index contributed by atoms with van der Waals surface area (Å²) in [5, 5.41) is 9.02. The molecule has 0 spiro atoms. The zero-order chi connectivity index (χ0) is 19.3. The van der Waals surface area contributed by atoms with Gasteiger partial charge in [0.15, 0.2) is 5.82 Å². The zero-order valence-electron chi connectivity index (χ0n) is 15.7. The second kappa shape index (κ2) is 7.20. The van der Waals surface area contributed by atoms with Gasteiger partial charge < -0.3 is 9.84 Å². The molecule has 5 nitrogen and oxygen atoms in total. The van der Waals surface area contributed by atoms with Crippen molar-refractivity contribution >= 4 is 40.1 Å². The highest BCUT2D eigenvalue weighted by Gasteiger charge is 2.31. The van der Waals surface area contributed by atoms with E-state index in [1.165, 1.54) is 38.5 Å². The molecule has 28 heavy (non-hydrogen) atoms. The van der Waals surface area contributed by atoms with Gasteiger partial charge >= 0.3 is 0 Å². The van der Waals surface area contributed by atoms with Crippen molar-refractivity contribution < 1.29 is 4.52 Å². The van der Waals surface area contributed by atoms with Gasteiger partial charge in [0.1, 0.15) is 17.0 Å². The fourth-order valence-corrected chi connectivity index (χ4v) is 4.32. The van der Waals surface area contributed by atoms with Crippen LogP contribution in [-0.4, -0.2) is 21.2 Å². The van der Waals surface area contributed by atoms with E-state index < -0.39 is 0 Å². The second-order valence-corrected chi connectivity index (χ2v) is 9.00. The minimum atomic E-state index is 0.421. The van der Waals surface area contributed by atoms with Crippen molar-refractivity contribution in [3.63, 3.8) is 0 Å². The van der Waals surface area contributed by atoms with Crippen molar-refractivity contribution in [2.24, 2.45) is 11.8 Å². The van der Waals surface area contributed by atoms with Crippen molar-refractivity contribution in [1.82, 2.24) is 15.1 Å². The Labute approximate surface area is 173 Å². The van der Waals surface area contributed by atoms with Gasteiger partial charge in [0, 0.05) is 16.6 Å². The van der Waals surface area contributed by atoms with Crippen molar-refractivity contribution in [2.75, 3.05) is 5.32 Å². The highest BCUT2D eigenvalue weighted by atomic mass is 35.5. The van der Waals surface area contributed by atoms with Crippen LogP contribution in [0.25, 0.3) is 22.4 Å². The third kappa shape index (κ3) is 3.83. The summed E-state index contributed by atoms with van der Waals surface area (Å²) < 4.78 is 5.69. The molecular weight excluding hydrogens is 395 g/mol. The summed E-state index contributed by atoms with van der Waals surface area (Å²) in [5.41, 5.74) is 2.63. The molecule has 0 radical (unpaired) electrons. The monoisotopic (exact) mass is 416 g/mol. The third-order valence-electron chi connectivity index (χ3n) is 5.59. The number of fused-ring (bicyclic) bond motifs is 1. The summed E-state index contributed by atoms with van der Waals surface area (Å²) in [7, 11) is 0. The summed E-state index contributed by atoms with van der Waals surface area (Å²) in [6.07, 6.45) is 7.80. The van der Waals surface area contributed by atoms with E-state index in [-0.39, 0.29) is 0 Å². The first-order valence-corrected chi connectivity index (χ1v) is 10.7. The van der Waals surface area contributed by atoms with Crippen LogP contribution in [0.5, 0.6) is 0 Å². The van der Waals surface area contributed by atoms with Crippen molar-refractivity contribution in [3.8, 4) is 11.3 Å². The number of rotatable bonds is 7. The lowest BCUT2D eigenvalue weighted by Gasteiger charge is -2.19. The lowest BCUT2D eigenvalue weighted by molar-refractivity contribution is 0.457. The minimum absolute atomic E-state index is 0.421. The largest absolute Gasteiger partial charge is 0.364 e. The average Bonchev–Trinajstić information content (AvgIpc) is 3.56. The van der Waals surface area contributed by atoms with Crippen LogP contribution in [0.15, 0.2) is 22.7 Å². The average molecular weight is 417 g/mol. The van der Waals surface area contributed by atoms with E-state index in [0.29, 0.717) is 38.7 Å². The Morgan fingerprint density at radius 3 is 2.46 bits per heavy atom. The van der Waals surface area contributed by atoms with Gasteiger partial charge in [-0.15, -0.1) is 0 Å². The summed E-state index contributed by atoms with van der Waals surface area (Å²) in [5.74, 6) is 3.12. The fourth-order valence-electron chi connectivity index (χ4n) is 3.82. The molecule has 0 bridgehead atoms. The zero-order valence-corrected chi connectivity index (χ0v) is 17.2. The lowest BCUT2D eigenvalue weighted by Crippen LogP contribution is -2.22. The smallest absolute Gasteiger partial charge is 0.228 e. The molecule has 2 aliphatic rings. The topological polar surface area (TPSA) is 63.8 Å². The molecular formula is C21H22Cl2N4O. The summed E-state index contributed by atoms with van der Waals surface area (Å²) in [6, 6.07) is 5.76. The minimum Gasteiger partial charge on any atom is -0.364 e. The normalized spacial score (nSPS) is 16.9. The molecule has 5 rings (SSSR count). The van der Waals surface area contributed by atoms with Gasteiger partial charge in [0.2, 0.25) is 5.58 Å². The number of hydrogen-bond donors (Lipinski definition) is 1. The number of anilines is 1. The van der Waals surface area contributed by atoms with Crippen LogP contribution in [0.3, 0.4) is 0 Å². The summed E-state index contributed by atoms with van der Waals surface area (Å²) in [4.78, 5) is 9.22. The van der Waals surface area contributed by atoms with E-state index in [9.17, 15) is 0 Å². The molecule has 2 heterocycles. The maximum absolute atomic E-state index is 6.39. The predicted molar refractivity (Wildman–Crippen MR) is 112 cm³/mol. The molecule has 0 amide bonds. The maximum Gasteiger partial charge on any atom is 0.228 e. The predicted octanol–water partition coefficient (Wildman–Crippen LogP) is 6.28. The summed E-state index contributed by atoms with van der Waals surface area (Å²) in [6.45, 7) is 1.89. The van der Waals surface area contributed by atoms with Gasteiger partial charge in [-0.2, -0.15) is 0 Å². The SMILES string of the molecule is Cc1nc(NC(CC2CC2)CC2CC2)c2onc(-c3ccc(Cl)cc3Cl)c2n1. The highest BCUT2D eigenvalue weighted by Crippen LogP contribution is 2.41. The number of aryl methyl sites for hydroxylation is 1. The number of aromatic nitrogens is 3. The molecule has 2 saturated carbocycles. The van der Waals surface area contributed by atoms with Gasteiger partial charge in [0.05, 0.1) is 5.02 Å². The van der Waals surface area contributed by atoms with Crippen LogP contribution in [0, 0.1) is 18.8 Å². The Kier molecular flexibility index (Phi) is 4.68. The summed E-state index contributed by atoms with van der Waals surface area (Å²) >= 11 is 12.4. The van der Waals surface area contributed by atoms with Gasteiger partial charge in [-0.1, -0.05) is 54.0 Å². The van der Waals surface area contributed by atoms with Crippen molar-refractivity contribution in [1.29, 1.82) is 0 Å². The number of halogens is 2. The highest BCUT2D eigenvalue weighted by molar-refractivity contribution is 6.36. The first-order chi connectivity index (χ1) is 13.6. The van der Waals surface area contributed by atoms with Gasteiger partial charge in [0.25, 0.3) is 0 Å². The molecule has 1 N–H and O–H groups in total. The quantitative estimate of drug-likeness (QED) is 0.490. The molecule has 2 fully saturated rings. The van der Waals surface area contributed by atoms with E-state index in [1.807, 2.05) is 13.0 Å². The van der Waals surface area contributed by atoms with Crippen LogP contribution in [0.2, 0.25) is 10.0 Å². The van der Waals surface area contributed by atoms with Crippen LogP contribution < -0.4 is 5.32 Å². The molecule has 146 valence electrons. The van der Waals surface area contributed by atoms with Crippen LogP contribution in [0.4, 0.5) is 5.82 Å². The lowest BCUT2D eigenvalue weighted by atomic mass is 10.0. The van der Waals surface area contributed by atoms with E-state index >= 15 is 0 Å². The Hall–Kier alpha value is -1.85. The number of hydrogen-bond acceptors (Lipinski definition) is 5. The Morgan fingerprint density at radius 2 is 1.82 bits per heavy atom. The maximum atomic E-state index is 6.39. The van der Waals surface area contributed by atoms with E-state index in [1.54, 1.807) is 12.1 Å². The molecule has 1 aromatic carbocycles. The molecule has 0 unspecified atom stereocenters. The van der Waals surface area contributed by atoms with Crippen LogP contribution in [0.1, 0.15) is 44.3 Å². The molecule has 0 aliphatic heterocycles. The molecule has 0 atom stereocenters. The van der Waals surface area contributed by atoms with Crippen LogP contribution in [-0.2, 0) is 0 Å². The third-order valence-corrected chi connectivity index (χ3v) is 6.13. The van der Waals surface area contributed by atoms with E-state index in [0.717, 1.165) is 23.2 Å².